The summed E-state index contributed by atoms with van der Waals surface area (Å²) < 4.78 is 25.4. The molecule has 1 aromatic heterocycles. The highest BCUT2D eigenvalue weighted by molar-refractivity contribution is 6.05. The molecule has 6 heteroatoms. The molecular weight excluding hydrogens is 324 g/mol. The number of nitrogens with zero attached hydrogens (tertiary/aromatic N) is 1. The Labute approximate surface area is 144 Å². The topological polar surface area (TPSA) is 57.8 Å². The Morgan fingerprint density at radius 3 is 2.64 bits per heavy atom. The Morgan fingerprint density at radius 2 is 1.96 bits per heavy atom. The SMILES string of the molecule is CCCCc1ccc(NC(=O)c2ccc3nc(C(F)F)[nH]c3c2)cc1. The van der Waals surface area contributed by atoms with Gasteiger partial charge in [0.05, 0.1) is 11.0 Å². The van der Waals surface area contributed by atoms with E-state index in [0.29, 0.717) is 22.3 Å². The van der Waals surface area contributed by atoms with E-state index in [-0.39, 0.29) is 5.91 Å². The maximum atomic E-state index is 12.7. The molecule has 3 rings (SSSR count). The first-order valence-corrected chi connectivity index (χ1v) is 8.25. The van der Waals surface area contributed by atoms with Gasteiger partial charge in [-0.3, -0.25) is 4.79 Å². The number of aromatic amines is 1. The summed E-state index contributed by atoms with van der Waals surface area (Å²) in [7, 11) is 0. The number of hydrogen-bond acceptors (Lipinski definition) is 2. The zero-order valence-electron chi connectivity index (χ0n) is 13.9. The second-order valence-corrected chi connectivity index (χ2v) is 5.91. The number of imidazole rings is 1. The van der Waals surface area contributed by atoms with E-state index in [0.717, 1.165) is 19.3 Å². The number of unbranched alkanes of at least 4 members (excludes halogenated alkanes) is 1. The summed E-state index contributed by atoms with van der Waals surface area (Å²) in [5.74, 6) is -0.688. The predicted octanol–water partition coefficient (Wildman–Crippen LogP) is 5.10. The molecule has 0 saturated carbocycles. The number of carbonyl (C=O) groups is 1. The van der Waals surface area contributed by atoms with Crippen LogP contribution in [0.3, 0.4) is 0 Å². The first-order valence-electron chi connectivity index (χ1n) is 8.25. The minimum Gasteiger partial charge on any atom is -0.337 e. The molecule has 1 heterocycles. The van der Waals surface area contributed by atoms with Crippen molar-refractivity contribution in [2.45, 2.75) is 32.6 Å². The summed E-state index contributed by atoms with van der Waals surface area (Å²) >= 11 is 0. The number of fused-ring (bicyclic) bond motifs is 1. The number of hydrogen-bond donors (Lipinski definition) is 2. The van der Waals surface area contributed by atoms with Gasteiger partial charge in [0.15, 0.2) is 5.82 Å². The average molecular weight is 343 g/mol. The highest BCUT2D eigenvalue weighted by atomic mass is 19.3. The van der Waals surface area contributed by atoms with Gasteiger partial charge in [-0.2, -0.15) is 0 Å². The van der Waals surface area contributed by atoms with Crippen LogP contribution in [0.15, 0.2) is 42.5 Å². The van der Waals surface area contributed by atoms with Gasteiger partial charge in [-0.05, 0) is 48.7 Å². The van der Waals surface area contributed by atoms with Gasteiger partial charge in [-0.25, -0.2) is 13.8 Å². The number of benzene rings is 2. The molecule has 4 nitrogen and oxygen atoms in total. The molecule has 2 N–H and O–H groups in total. The number of alkyl halides is 2. The van der Waals surface area contributed by atoms with Crippen molar-refractivity contribution < 1.29 is 13.6 Å². The number of anilines is 1. The van der Waals surface area contributed by atoms with E-state index in [1.165, 1.54) is 11.6 Å². The number of amides is 1. The number of nitrogens with one attached hydrogen (secondary N) is 2. The maximum absolute atomic E-state index is 12.7. The van der Waals surface area contributed by atoms with Crippen molar-refractivity contribution in [3.8, 4) is 0 Å². The molecule has 0 aliphatic rings. The van der Waals surface area contributed by atoms with E-state index < -0.39 is 12.2 Å². The van der Waals surface area contributed by atoms with Crippen LogP contribution < -0.4 is 5.32 Å². The van der Waals surface area contributed by atoms with Crippen molar-refractivity contribution >= 4 is 22.6 Å². The van der Waals surface area contributed by atoms with Gasteiger partial charge in [0.25, 0.3) is 12.3 Å². The molecule has 0 saturated heterocycles. The minimum absolute atomic E-state index is 0.295. The lowest BCUT2D eigenvalue weighted by atomic mass is 10.1. The predicted molar refractivity (Wildman–Crippen MR) is 94.1 cm³/mol. The molecule has 0 bridgehead atoms. The van der Waals surface area contributed by atoms with Crippen molar-refractivity contribution in [2.75, 3.05) is 5.32 Å². The Bertz CT molecular complexity index is 872. The van der Waals surface area contributed by atoms with Crippen LogP contribution >= 0.6 is 0 Å². The van der Waals surface area contributed by atoms with Crippen LogP contribution in [0.25, 0.3) is 11.0 Å². The Kier molecular flexibility index (Phi) is 5.07. The molecule has 0 atom stereocenters. The summed E-state index contributed by atoms with van der Waals surface area (Å²) in [6.07, 6.45) is 0.627. The normalized spacial score (nSPS) is 11.2. The number of aromatic nitrogens is 2. The third kappa shape index (κ3) is 4.02. The van der Waals surface area contributed by atoms with Gasteiger partial charge in [0, 0.05) is 11.3 Å². The molecule has 0 unspecified atom stereocenters. The Balaban J connectivity index is 1.73. The number of halogens is 2. The monoisotopic (exact) mass is 343 g/mol. The van der Waals surface area contributed by atoms with E-state index in [2.05, 4.69) is 22.2 Å². The molecule has 130 valence electrons. The molecule has 2 aromatic carbocycles. The zero-order chi connectivity index (χ0) is 17.8. The lowest BCUT2D eigenvalue weighted by molar-refractivity contribution is 0.102. The highest BCUT2D eigenvalue weighted by Gasteiger charge is 2.14. The van der Waals surface area contributed by atoms with E-state index in [1.807, 2.05) is 24.3 Å². The van der Waals surface area contributed by atoms with Crippen LogP contribution in [-0.2, 0) is 6.42 Å². The molecular formula is C19H19F2N3O. The van der Waals surface area contributed by atoms with Crippen LogP contribution in [0, 0.1) is 0 Å². The van der Waals surface area contributed by atoms with E-state index in [4.69, 9.17) is 0 Å². The van der Waals surface area contributed by atoms with Crippen molar-refractivity contribution in [3.63, 3.8) is 0 Å². The zero-order valence-corrected chi connectivity index (χ0v) is 13.9. The summed E-state index contributed by atoms with van der Waals surface area (Å²) in [6, 6.07) is 12.4. The maximum Gasteiger partial charge on any atom is 0.295 e. The van der Waals surface area contributed by atoms with Gasteiger partial charge in [-0.1, -0.05) is 25.5 Å². The van der Waals surface area contributed by atoms with E-state index >= 15 is 0 Å². The molecule has 0 radical (unpaired) electrons. The number of aryl methyl sites for hydroxylation is 1. The standard InChI is InChI=1S/C19H19F2N3O/c1-2-3-4-12-5-8-14(9-6-12)22-19(25)13-7-10-15-16(11-13)24-18(23-15)17(20)21/h5-11,17H,2-4H2,1H3,(H,22,25)(H,23,24). The third-order valence-corrected chi connectivity index (χ3v) is 4.00. The number of carbonyl (C=O) groups excluding carboxylic acids is 1. The van der Waals surface area contributed by atoms with Crippen molar-refractivity contribution in [3.05, 3.63) is 59.4 Å². The summed E-state index contributed by atoms with van der Waals surface area (Å²) in [5.41, 5.74) is 3.14. The average Bonchev–Trinajstić information content (AvgIpc) is 3.04. The first-order chi connectivity index (χ1) is 12.1. The molecule has 0 spiro atoms. The number of H-pyrrole nitrogens is 1. The van der Waals surface area contributed by atoms with E-state index in [9.17, 15) is 13.6 Å². The lowest BCUT2D eigenvalue weighted by Gasteiger charge is -2.07. The van der Waals surface area contributed by atoms with Crippen LogP contribution in [0.5, 0.6) is 0 Å². The Hall–Kier alpha value is -2.76. The second kappa shape index (κ2) is 7.42. The molecule has 25 heavy (non-hydrogen) atoms. The van der Waals surface area contributed by atoms with Gasteiger partial charge < -0.3 is 10.3 Å². The quantitative estimate of drug-likeness (QED) is 0.654. The van der Waals surface area contributed by atoms with Crippen LogP contribution in [-0.4, -0.2) is 15.9 Å². The van der Waals surface area contributed by atoms with Crippen LogP contribution in [0.2, 0.25) is 0 Å². The summed E-state index contributed by atoms with van der Waals surface area (Å²) in [5, 5.41) is 2.81. The van der Waals surface area contributed by atoms with Crippen molar-refractivity contribution in [1.82, 2.24) is 9.97 Å². The fraction of sp³-hybridized carbons (Fsp3) is 0.263. The Morgan fingerprint density at radius 1 is 1.20 bits per heavy atom. The van der Waals surface area contributed by atoms with Gasteiger partial charge >= 0.3 is 0 Å². The third-order valence-electron chi connectivity index (χ3n) is 4.00. The molecule has 3 aromatic rings. The summed E-state index contributed by atoms with van der Waals surface area (Å²) in [4.78, 5) is 18.7. The fourth-order valence-corrected chi connectivity index (χ4v) is 2.61. The van der Waals surface area contributed by atoms with Gasteiger partial charge in [0.2, 0.25) is 0 Å². The fourth-order valence-electron chi connectivity index (χ4n) is 2.61. The first kappa shape index (κ1) is 17.1. The molecule has 0 aliphatic heterocycles. The molecule has 0 fully saturated rings. The van der Waals surface area contributed by atoms with Crippen LogP contribution in [0.1, 0.15) is 47.9 Å². The molecule has 1 amide bonds. The van der Waals surface area contributed by atoms with Crippen molar-refractivity contribution in [1.29, 1.82) is 0 Å². The van der Waals surface area contributed by atoms with Crippen molar-refractivity contribution in [2.24, 2.45) is 0 Å². The minimum atomic E-state index is -2.67. The molecule has 0 aliphatic carbocycles. The summed E-state index contributed by atoms with van der Waals surface area (Å²) in [6.45, 7) is 2.15. The largest absolute Gasteiger partial charge is 0.337 e. The smallest absolute Gasteiger partial charge is 0.295 e. The number of rotatable bonds is 6. The lowest BCUT2D eigenvalue weighted by Crippen LogP contribution is -2.11. The van der Waals surface area contributed by atoms with E-state index in [1.54, 1.807) is 12.1 Å². The van der Waals surface area contributed by atoms with Gasteiger partial charge in [0.1, 0.15) is 0 Å². The second-order valence-electron chi connectivity index (χ2n) is 5.91. The van der Waals surface area contributed by atoms with Crippen LogP contribution in [0.4, 0.5) is 14.5 Å². The van der Waals surface area contributed by atoms with Gasteiger partial charge in [-0.15, -0.1) is 0 Å². The highest BCUT2D eigenvalue weighted by Crippen LogP contribution is 2.21.